The lowest BCUT2D eigenvalue weighted by Crippen LogP contribution is -2.31. The summed E-state index contributed by atoms with van der Waals surface area (Å²) in [5.74, 6) is 1.42. The van der Waals surface area contributed by atoms with Gasteiger partial charge < -0.3 is 25.2 Å². The van der Waals surface area contributed by atoms with Crippen molar-refractivity contribution < 1.29 is 14.6 Å². The van der Waals surface area contributed by atoms with Gasteiger partial charge in [-0.1, -0.05) is 0 Å². The zero-order valence-corrected chi connectivity index (χ0v) is 13.8. The van der Waals surface area contributed by atoms with Crippen LogP contribution in [-0.2, 0) is 6.54 Å². The molecule has 1 rings (SSSR count). The van der Waals surface area contributed by atoms with Crippen molar-refractivity contribution >= 4 is 15.9 Å². The number of hydrogen-bond donors (Lipinski definition) is 3. The number of methoxy groups -OCH3 is 2. The summed E-state index contributed by atoms with van der Waals surface area (Å²) >= 11 is 3.48. The SMILES string of the molecule is COc1cc(CNCCNC[C@@H](C)O)cc(Br)c1OC. The average Bonchev–Trinajstić information content (AvgIpc) is 2.41. The number of aliphatic hydroxyl groups is 1. The molecule has 1 atom stereocenters. The van der Waals surface area contributed by atoms with Crippen LogP contribution >= 0.6 is 15.9 Å². The second kappa shape index (κ2) is 9.18. The Morgan fingerprint density at radius 2 is 1.90 bits per heavy atom. The van der Waals surface area contributed by atoms with E-state index in [1.165, 1.54) is 0 Å². The number of hydrogen-bond acceptors (Lipinski definition) is 5. The van der Waals surface area contributed by atoms with Crippen molar-refractivity contribution in [3.8, 4) is 11.5 Å². The molecule has 0 radical (unpaired) electrons. The highest BCUT2D eigenvalue weighted by atomic mass is 79.9. The van der Waals surface area contributed by atoms with Crippen LogP contribution in [-0.4, -0.2) is 45.1 Å². The van der Waals surface area contributed by atoms with Crippen LogP contribution in [0.5, 0.6) is 11.5 Å². The maximum Gasteiger partial charge on any atom is 0.174 e. The lowest BCUT2D eigenvalue weighted by Gasteiger charge is -2.13. The molecular formula is C14H23BrN2O3. The predicted octanol–water partition coefficient (Wildman–Crippen LogP) is 1.53. The summed E-state index contributed by atoms with van der Waals surface area (Å²) in [4.78, 5) is 0. The number of ether oxygens (including phenoxy) is 2. The minimum absolute atomic E-state index is 0.309. The first kappa shape index (κ1) is 17.2. The summed E-state index contributed by atoms with van der Waals surface area (Å²) in [7, 11) is 3.25. The molecule has 0 aromatic heterocycles. The molecule has 0 bridgehead atoms. The van der Waals surface area contributed by atoms with Crippen molar-refractivity contribution in [2.24, 2.45) is 0 Å². The van der Waals surface area contributed by atoms with E-state index in [4.69, 9.17) is 14.6 Å². The minimum atomic E-state index is -0.309. The minimum Gasteiger partial charge on any atom is -0.493 e. The van der Waals surface area contributed by atoms with E-state index in [0.29, 0.717) is 18.0 Å². The third kappa shape index (κ3) is 5.66. The Labute approximate surface area is 128 Å². The molecule has 0 unspecified atom stereocenters. The highest BCUT2D eigenvalue weighted by molar-refractivity contribution is 9.10. The van der Waals surface area contributed by atoms with Crippen molar-refractivity contribution in [3.05, 3.63) is 22.2 Å². The first-order valence-electron chi connectivity index (χ1n) is 6.58. The monoisotopic (exact) mass is 346 g/mol. The Hall–Kier alpha value is -0.820. The molecule has 20 heavy (non-hydrogen) atoms. The maximum atomic E-state index is 9.11. The molecule has 0 aliphatic carbocycles. The third-order valence-electron chi connectivity index (χ3n) is 2.74. The standard InChI is InChI=1S/C14H23BrN2O3/c1-10(18)8-16-4-5-17-9-11-6-12(15)14(20-3)13(7-11)19-2/h6-7,10,16-18H,4-5,8-9H2,1-3H3/t10-/m1/s1. The summed E-state index contributed by atoms with van der Waals surface area (Å²) in [6.07, 6.45) is -0.309. The molecule has 0 saturated carbocycles. The number of rotatable bonds is 9. The molecule has 0 aliphatic rings. The van der Waals surface area contributed by atoms with Gasteiger partial charge >= 0.3 is 0 Å². The fourth-order valence-electron chi connectivity index (χ4n) is 1.79. The molecule has 114 valence electrons. The molecule has 0 spiro atoms. The molecule has 1 aromatic rings. The quantitative estimate of drug-likeness (QED) is 0.592. The molecule has 0 amide bonds. The highest BCUT2D eigenvalue weighted by Gasteiger charge is 2.10. The number of nitrogens with one attached hydrogen (secondary N) is 2. The van der Waals surface area contributed by atoms with Gasteiger partial charge in [-0.15, -0.1) is 0 Å². The van der Waals surface area contributed by atoms with Gasteiger partial charge in [0.2, 0.25) is 0 Å². The average molecular weight is 347 g/mol. The lowest BCUT2D eigenvalue weighted by atomic mass is 10.2. The fraction of sp³-hybridized carbons (Fsp3) is 0.571. The largest absolute Gasteiger partial charge is 0.493 e. The summed E-state index contributed by atoms with van der Waals surface area (Å²) in [5.41, 5.74) is 1.12. The van der Waals surface area contributed by atoms with E-state index in [0.717, 1.165) is 29.7 Å². The van der Waals surface area contributed by atoms with Gasteiger partial charge in [0.25, 0.3) is 0 Å². The van der Waals surface area contributed by atoms with Crippen LogP contribution in [0.15, 0.2) is 16.6 Å². The van der Waals surface area contributed by atoms with Gasteiger partial charge in [0.05, 0.1) is 24.8 Å². The van der Waals surface area contributed by atoms with Crippen molar-refractivity contribution in [3.63, 3.8) is 0 Å². The fourth-order valence-corrected chi connectivity index (χ4v) is 2.45. The third-order valence-corrected chi connectivity index (χ3v) is 3.33. The molecule has 3 N–H and O–H groups in total. The van der Waals surface area contributed by atoms with Crippen LogP contribution in [0.25, 0.3) is 0 Å². The number of halogens is 1. The summed E-state index contributed by atoms with van der Waals surface area (Å²) < 4.78 is 11.5. The molecule has 6 heteroatoms. The molecule has 0 fully saturated rings. The normalized spacial score (nSPS) is 12.2. The van der Waals surface area contributed by atoms with E-state index in [1.807, 2.05) is 12.1 Å². The topological polar surface area (TPSA) is 62.8 Å². The van der Waals surface area contributed by atoms with Gasteiger partial charge in [0, 0.05) is 26.2 Å². The van der Waals surface area contributed by atoms with E-state index in [1.54, 1.807) is 21.1 Å². The molecule has 0 aliphatic heterocycles. The highest BCUT2D eigenvalue weighted by Crippen LogP contribution is 2.36. The van der Waals surface area contributed by atoms with Gasteiger partial charge in [-0.3, -0.25) is 0 Å². The van der Waals surface area contributed by atoms with E-state index < -0.39 is 0 Å². The zero-order valence-electron chi connectivity index (χ0n) is 12.2. The first-order valence-corrected chi connectivity index (χ1v) is 7.37. The van der Waals surface area contributed by atoms with E-state index >= 15 is 0 Å². The van der Waals surface area contributed by atoms with E-state index in [-0.39, 0.29) is 6.10 Å². The van der Waals surface area contributed by atoms with Crippen molar-refractivity contribution in [2.45, 2.75) is 19.6 Å². The second-order valence-electron chi connectivity index (χ2n) is 4.54. The Morgan fingerprint density at radius 1 is 1.20 bits per heavy atom. The molecule has 0 heterocycles. The summed E-state index contributed by atoms with van der Waals surface area (Å²) in [6.45, 7) is 4.78. The lowest BCUT2D eigenvalue weighted by molar-refractivity contribution is 0.191. The van der Waals surface area contributed by atoms with Crippen LogP contribution < -0.4 is 20.1 Å². The molecule has 1 aromatic carbocycles. The van der Waals surface area contributed by atoms with Crippen LogP contribution in [0.1, 0.15) is 12.5 Å². The van der Waals surface area contributed by atoms with Gasteiger partial charge in [0.1, 0.15) is 0 Å². The van der Waals surface area contributed by atoms with Crippen LogP contribution in [0.2, 0.25) is 0 Å². The Morgan fingerprint density at radius 3 is 2.50 bits per heavy atom. The van der Waals surface area contributed by atoms with Gasteiger partial charge in [0.15, 0.2) is 11.5 Å². The second-order valence-corrected chi connectivity index (χ2v) is 5.40. The summed E-state index contributed by atoms with van der Waals surface area (Å²) in [5, 5.41) is 15.6. The number of aliphatic hydroxyl groups excluding tert-OH is 1. The van der Waals surface area contributed by atoms with Crippen LogP contribution in [0.3, 0.4) is 0 Å². The van der Waals surface area contributed by atoms with Crippen LogP contribution in [0.4, 0.5) is 0 Å². The first-order chi connectivity index (χ1) is 9.58. The van der Waals surface area contributed by atoms with Crippen LogP contribution in [0, 0.1) is 0 Å². The Kier molecular flexibility index (Phi) is 7.91. The van der Waals surface area contributed by atoms with E-state index in [9.17, 15) is 0 Å². The van der Waals surface area contributed by atoms with Gasteiger partial charge in [-0.2, -0.15) is 0 Å². The van der Waals surface area contributed by atoms with Crippen molar-refractivity contribution in [2.75, 3.05) is 33.9 Å². The summed E-state index contributed by atoms with van der Waals surface area (Å²) in [6, 6.07) is 3.97. The molecular weight excluding hydrogens is 324 g/mol. The molecule has 0 saturated heterocycles. The molecule has 5 nitrogen and oxygen atoms in total. The maximum absolute atomic E-state index is 9.11. The zero-order chi connectivity index (χ0) is 15.0. The Balaban J connectivity index is 2.42. The van der Waals surface area contributed by atoms with Gasteiger partial charge in [-0.25, -0.2) is 0 Å². The predicted molar refractivity (Wildman–Crippen MR) is 83.5 cm³/mol. The van der Waals surface area contributed by atoms with E-state index in [2.05, 4.69) is 26.6 Å². The van der Waals surface area contributed by atoms with Crippen molar-refractivity contribution in [1.29, 1.82) is 0 Å². The number of benzene rings is 1. The van der Waals surface area contributed by atoms with Gasteiger partial charge in [-0.05, 0) is 40.5 Å². The van der Waals surface area contributed by atoms with Crippen molar-refractivity contribution in [1.82, 2.24) is 10.6 Å². The Bertz CT molecular complexity index is 414. The smallest absolute Gasteiger partial charge is 0.174 e.